The molecule has 2 rings (SSSR count). The first kappa shape index (κ1) is 12.4. The maximum absolute atomic E-state index is 9.49. The molecule has 0 spiro atoms. The molecule has 0 aliphatic rings. The van der Waals surface area contributed by atoms with Crippen LogP contribution in [0, 0.1) is 0 Å². The predicted molar refractivity (Wildman–Crippen MR) is 67.9 cm³/mol. The number of hydrogen-bond donors (Lipinski definition) is 1. The van der Waals surface area contributed by atoms with Gasteiger partial charge in [-0.25, -0.2) is 4.98 Å². The number of aliphatic hydroxyl groups is 1. The second kappa shape index (κ2) is 5.51. The maximum Gasteiger partial charge on any atom is 0.219 e. The van der Waals surface area contributed by atoms with Gasteiger partial charge in [0, 0.05) is 18.3 Å². The van der Waals surface area contributed by atoms with E-state index in [1.165, 1.54) is 0 Å². The van der Waals surface area contributed by atoms with Crippen LogP contribution in [0.5, 0.6) is 17.4 Å². The number of pyridine rings is 1. The molecular weight excluding hydrogens is 230 g/mol. The number of methoxy groups -OCH3 is 1. The Morgan fingerprint density at radius 3 is 2.67 bits per heavy atom. The SMILES string of the molecule is COc1cccc(Oc2cc([C@@H](C)O)ccn2)c1. The normalized spacial score (nSPS) is 11.9. The molecule has 0 amide bonds. The molecule has 1 atom stereocenters. The summed E-state index contributed by atoms with van der Waals surface area (Å²) in [5.41, 5.74) is 0.767. The van der Waals surface area contributed by atoms with Gasteiger partial charge in [0.15, 0.2) is 0 Å². The summed E-state index contributed by atoms with van der Waals surface area (Å²) in [4.78, 5) is 4.10. The van der Waals surface area contributed by atoms with Crippen LogP contribution in [0.25, 0.3) is 0 Å². The third kappa shape index (κ3) is 2.99. The van der Waals surface area contributed by atoms with Gasteiger partial charge in [0.2, 0.25) is 5.88 Å². The number of aromatic nitrogens is 1. The molecule has 0 radical (unpaired) electrons. The zero-order valence-electron chi connectivity index (χ0n) is 10.3. The standard InChI is InChI=1S/C14H15NO3/c1-10(16)11-6-7-15-14(8-11)18-13-5-3-4-12(9-13)17-2/h3-10,16H,1-2H3/t10-/m1/s1. The predicted octanol–water partition coefficient (Wildman–Crippen LogP) is 2.94. The van der Waals surface area contributed by atoms with E-state index in [0.717, 1.165) is 11.3 Å². The van der Waals surface area contributed by atoms with Gasteiger partial charge in [-0.3, -0.25) is 0 Å². The Balaban J connectivity index is 2.20. The molecule has 0 aliphatic carbocycles. The molecule has 1 aromatic heterocycles. The first-order chi connectivity index (χ1) is 8.69. The summed E-state index contributed by atoms with van der Waals surface area (Å²) in [7, 11) is 1.60. The minimum absolute atomic E-state index is 0.446. The van der Waals surface area contributed by atoms with Gasteiger partial charge in [0.25, 0.3) is 0 Å². The van der Waals surface area contributed by atoms with Crippen LogP contribution in [0.15, 0.2) is 42.6 Å². The van der Waals surface area contributed by atoms with Crippen LogP contribution >= 0.6 is 0 Å². The van der Waals surface area contributed by atoms with Crippen molar-refractivity contribution in [2.75, 3.05) is 7.11 Å². The zero-order valence-corrected chi connectivity index (χ0v) is 10.3. The van der Waals surface area contributed by atoms with Gasteiger partial charge in [-0.15, -0.1) is 0 Å². The smallest absolute Gasteiger partial charge is 0.219 e. The molecule has 1 heterocycles. The molecule has 0 fully saturated rings. The summed E-state index contributed by atoms with van der Waals surface area (Å²) in [5.74, 6) is 1.81. The highest BCUT2D eigenvalue weighted by Gasteiger charge is 2.05. The molecule has 0 saturated carbocycles. The number of ether oxygens (including phenoxy) is 2. The van der Waals surface area contributed by atoms with E-state index in [0.29, 0.717) is 11.6 Å². The van der Waals surface area contributed by atoms with Crippen LogP contribution in [0.2, 0.25) is 0 Å². The largest absolute Gasteiger partial charge is 0.497 e. The molecule has 18 heavy (non-hydrogen) atoms. The Morgan fingerprint density at radius 2 is 1.94 bits per heavy atom. The molecule has 0 saturated heterocycles. The van der Waals surface area contributed by atoms with Crippen molar-refractivity contribution in [2.45, 2.75) is 13.0 Å². The molecule has 0 aliphatic heterocycles. The lowest BCUT2D eigenvalue weighted by atomic mass is 10.2. The number of rotatable bonds is 4. The molecule has 94 valence electrons. The summed E-state index contributed by atoms with van der Waals surface area (Å²) < 4.78 is 10.7. The Morgan fingerprint density at radius 1 is 1.17 bits per heavy atom. The Kier molecular flexibility index (Phi) is 3.79. The van der Waals surface area contributed by atoms with E-state index < -0.39 is 6.10 Å². The van der Waals surface area contributed by atoms with Gasteiger partial charge in [0.05, 0.1) is 13.2 Å². The lowest BCUT2D eigenvalue weighted by Crippen LogP contribution is -1.94. The lowest BCUT2D eigenvalue weighted by Gasteiger charge is -2.09. The van der Waals surface area contributed by atoms with Crippen molar-refractivity contribution in [3.63, 3.8) is 0 Å². The number of nitrogens with zero attached hydrogens (tertiary/aromatic N) is 1. The fraction of sp³-hybridized carbons (Fsp3) is 0.214. The van der Waals surface area contributed by atoms with E-state index in [4.69, 9.17) is 9.47 Å². The van der Waals surface area contributed by atoms with Crippen molar-refractivity contribution in [2.24, 2.45) is 0 Å². The third-order valence-electron chi connectivity index (χ3n) is 2.50. The van der Waals surface area contributed by atoms with E-state index in [2.05, 4.69) is 4.98 Å². The Hall–Kier alpha value is -2.07. The van der Waals surface area contributed by atoms with Crippen LogP contribution < -0.4 is 9.47 Å². The van der Waals surface area contributed by atoms with E-state index in [1.54, 1.807) is 38.4 Å². The van der Waals surface area contributed by atoms with Gasteiger partial charge in [-0.1, -0.05) is 6.07 Å². The first-order valence-corrected chi connectivity index (χ1v) is 5.65. The molecule has 0 bridgehead atoms. The molecule has 4 heteroatoms. The van der Waals surface area contributed by atoms with Crippen molar-refractivity contribution in [3.05, 3.63) is 48.2 Å². The van der Waals surface area contributed by atoms with Crippen LogP contribution in [0.1, 0.15) is 18.6 Å². The number of aliphatic hydroxyl groups excluding tert-OH is 1. The van der Waals surface area contributed by atoms with Crippen molar-refractivity contribution in [1.82, 2.24) is 4.98 Å². The summed E-state index contributed by atoms with van der Waals surface area (Å²) in [6.45, 7) is 1.70. The van der Waals surface area contributed by atoms with Gasteiger partial charge < -0.3 is 14.6 Å². The van der Waals surface area contributed by atoms with Crippen molar-refractivity contribution < 1.29 is 14.6 Å². The fourth-order valence-corrected chi connectivity index (χ4v) is 1.53. The van der Waals surface area contributed by atoms with Crippen molar-refractivity contribution >= 4 is 0 Å². The molecule has 1 aromatic carbocycles. The second-order valence-electron chi connectivity index (χ2n) is 3.88. The molecule has 4 nitrogen and oxygen atoms in total. The van der Waals surface area contributed by atoms with E-state index in [-0.39, 0.29) is 0 Å². The molecule has 1 N–H and O–H groups in total. The highest BCUT2D eigenvalue weighted by Crippen LogP contribution is 2.25. The van der Waals surface area contributed by atoms with Crippen LogP contribution in [0.4, 0.5) is 0 Å². The van der Waals surface area contributed by atoms with Gasteiger partial charge in [0.1, 0.15) is 11.5 Å². The molecule has 2 aromatic rings. The average Bonchev–Trinajstić information content (AvgIpc) is 2.39. The topological polar surface area (TPSA) is 51.6 Å². The maximum atomic E-state index is 9.49. The van der Waals surface area contributed by atoms with Crippen LogP contribution in [-0.2, 0) is 0 Å². The lowest BCUT2D eigenvalue weighted by molar-refractivity contribution is 0.198. The highest BCUT2D eigenvalue weighted by atomic mass is 16.5. The van der Waals surface area contributed by atoms with Crippen molar-refractivity contribution in [1.29, 1.82) is 0 Å². The van der Waals surface area contributed by atoms with Gasteiger partial charge in [-0.05, 0) is 30.7 Å². The summed E-state index contributed by atoms with van der Waals surface area (Å²) in [6.07, 6.45) is 1.07. The Labute approximate surface area is 106 Å². The Bertz CT molecular complexity index is 526. The van der Waals surface area contributed by atoms with Gasteiger partial charge in [-0.2, -0.15) is 0 Å². The highest BCUT2D eigenvalue weighted by molar-refractivity contribution is 5.35. The zero-order chi connectivity index (χ0) is 13.0. The quantitative estimate of drug-likeness (QED) is 0.899. The summed E-state index contributed by atoms with van der Waals surface area (Å²) >= 11 is 0. The van der Waals surface area contributed by atoms with E-state index in [9.17, 15) is 5.11 Å². The van der Waals surface area contributed by atoms with Gasteiger partial charge >= 0.3 is 0 Å². The first-order valence-electron chi connectivity index (χ1n) is 5.65. The average molecular weight is 245 g/mol. The minimum Gasteiger partial charge on any atom is -0.497 e. The van der Waals surface area contributed by atoms with Crippen LogP contribution in [0.3, 0.4) is 0 Å². The number of hydrogen-bond acceptors (Lipinski definition) is 4. The summed E-state index contributed by atoms with van der Waals surface area (Å²) in [6, 6.07) is 10.7. The third-order valence-corrected chi connectivity index (χ3v) is 2.50. The molecule has 0 unspecified atom stereocenters. The summed E-state index contributed by atoms with van der Waals surface area (Å²) in [5, 5.41) is 9.49. The fourth-order valence-electron chi connectivity index (χ4n) is 1.53. The van der Waals surface area contributed by atoms with E-state index in [1.807, 2.05) is 18.2 Å². The minimum atomic E-state index is -0.541. The number of benzene rings is 1. The van der Waals surface area contributed by atoms with E-state index >= 15 is 0 Å². The van der Waals surface area contributed by atoms with Crippen LogP contribution in [-0.4, -0.2) is 17.2 Å². The van der Waals surface area contributed by atoms with Crippen molar-refractivity contribution in [3.8, 4) is 17.4 Å². The second-order valence-corrected chi connectivity index (χ2v) is 3.88. The monoisotopic (exact) mass is 245 g/mol. The molecular formula is C14H15NO3.